The number of thiophene rings is 1. The summed E-state index contributed by atoms with van der Waals surface area (Å²) < 4.78 is 38.3. The lowest BCUT2D eigenvalue weighted by atomic mass is 9.96. The number of likely N-dealkylation sites (tertiary alicyclic amines) is 1. The Kier molecular flexibility index (Phi) is 7.43. The number of piperidine rings is 2. The largest absolute Gasteiger partial charge is 0.393 e. The number of hydrogen-bond donors (Lipinski definition) is 1. The van der Waals surface area contributed by atoms with Gasteiger partial charge in [0.2, 0.25) is 0 Å². The van der Waals surface area contributed by atoms with E-state index in [1.54, 1.807) is 6.07 Å². The number of nitrogens with one attached hydrogen (secondary N) is 1. The lowest BCUT2D eigenvalue weighted by Crippen LogP contribution is -2.35. The molecule has 35 heavy (non-hydrogen) atoms. The van der Waals surface area contributed by atoms with Crippen molar-refractivity contribution in [3.05, 3.63) is 47.1 Å². The molecule has 0 bridgehead atoms. The molecule has 0 saturated carbocycles. The van der Waals surface area contributed by atoms with Gasteiger partial charge < -0.3 is 10.2 Å². The summed E-state index contributed by atoms with van der Waals surface area (Å²) >= 11 is 1.09. The van der Waals surface area contributed by atoms with Gasteiger partial charge in [-0.3, -0.25) is 4.90 Å². The van der Waals surface area contributed by atoms with Crippen LogP contribution >= 0.6 is 11.3 Å². The number of rotatable bonds is 7. The number of fused-ring (bicyclic) bond motifs is 1. The van der Waals surface area contributed by atoms with Gasteiger partial charge in [0.15, 0.2) is 0 Å². The van der Waals surface area contributed by atoms with E-state index in [0.29, 0.717) is 22.0 Å². The number of alkyl halides is 3. The van der Waals surface area contributed by atoms with Gasteiger partial charge in [-0.1, -0.05) is 12.1 Å². The predicted molar refractivity (Wildman–Crippen MR) is 136 cm³/mol. The Morgan fingerprint density at radius 3 is 2.43 bits per heavy atom. The summed E-state index contributed by atoms with van der Waals surface area (Å²) in [7, 11) is 0. The van der Waals surface area contributed by atoms with Crippen LogP contribution in [0.5, 0.6) is 0 Å². The fraction of sp³-hybridized carbons (Fsp3) is 0.538. The number of nitrogens with zero attached hydrogens (tertiary/aromatic N) is 4. The second kappa shape index (κ2) is 10.7. The number of anilines is 2. The van der Waals surface area contributed by atoms with E-state index in [1.165, 1.54) is 49.9 Å². The highest BCUT2D eigenvalue weighted by Gasteiger charge is 2.29. The van der Waals surface area contributed by atoms with Gasteiger partial charge in [-0.15, -0.1) is 11.3 Å². The summed E-state index contributed by atoms with van der Waals surface area (Å²) in [5, 5.41) is 4.07. The summed E-state index contributed by atoms with van der Waals surface area (Å²) in [5.74, 6) is 1.15. The average molecular weight is 504 g/mol. The summed E-state index contributed by atoms with van der Waals surface area (Å²) in [4.78, 5) is 14.3. The maximum atomic E-state index is 12.8. The van der Waals surface area contributed by atoms with Crippen LogP contribution in [0.1, 0.15) is 42.5 Å². The van der Waals surface area contributed by atoms with Crippen LogP contribution in [-0.2, 0) is 13.0 Å². The minimum Gasteiger partial charge on any atom is -0.372 e. The number of benzene rings is 1. The fourth-order valence-electron chi connectivity index (χ4n) is 5.14. The third kappa shape index (κ3) is 6.44. The highest BCUT2D eigenvalue weighted by molar-refractivity contribution is 7.18. The Balaban J connectivity index is 1.10. The minimum absolute atomic E-state index is 0.272. The molecule has 5 rings (SSSR count). The molecule has 1 N–H and O–H groups in total. The van der Waals surface area contributed by atoms with Gasteiger partial charge in [0.25, 0.3) is 0 Å². The van der Waals surface area contributed by atoms with E-state index in [0.717, 1.165) is 50.4 Å². The van der Waals surface area contributed by atoms with Crippen LogP contribution in [0.2, 0.25) is 0 Å². The Bertz CT molecular complexity index is 1100. The molecule has 3 aromatic rings. The summed E-state index contributed by atoms with van der Waals surface area (Å²) in [5.41, 5.74) is 2.70. The Morgan fingerprint density at radius 1 is 0.971 bits per heavy atom. The zero-order chi connectivity index (χ0) is 24.3. The maximum Gasteiger partial charge on any atom is 0.393 e. The molecule has 4 heterocycles. The first-order chi connectivity index (χ1) is 16.9. The molecule has 2 saturated heterocycles. The number of aromatic nitrogens is 2. The minimum atomic E-state index is -4.22. The summed E-state index contributed by atoms with van der Waals surface area (Å²) in [6.07, 6.45) is 2.41. The van der Waals surface area contributed by atoms with Crippen LogP contribution in [0.3, 0.4) is 0 Å². The number of hydrogen-bond acceptors (Lipinski definition) is 6. The molecule has 0 amide bonds. The van der Waals surface area contributed by atoms with Crippen LogP contribution in [0.4, 0.5) is 24.7 Å². The molecule has 188 valence electrons. The van der Waals surface area contributed by atoms with Gasteiger partial charge in [-0.25, -0.2) is 9.97 Å². The first-order valence-electron chi connectivity index (χ1n) is 12.5. The summed E-state index contributed by atoms with van der Waals surface area (Å²) in [6, 6.07) is 10.7. The standard InChI is InChI=1S/C26H32F3N5S/c27-26(28,29)15-22-14-23-24(31-18-32-25(23)35-22)30-16-19-8-12-33(13-9-19)17-20-4-6-21(7-5-20)34-10-2-1-3-11-34/h4-7,14,18-19H,1-3,8-13,15-17H2,(H,30,31,32). The van der Waals surface area contributed by atoms with E-state index < -0.39 is 12.6 Å². The lowest BCUT2D eigenvalue weighted by molar-refractivity contribution is -0.126. The third-order valence-electron chi connectivity index (χ3n) is 7.08. The molecule has 5 nitrogen and oxygen atoms in total. The SMILES string of the molecule is FC(F)(F)Cc1cc2c(NCC3CCN(Cc4ccc(N5CCCCC5)cc4)CC3)ncnc2s1. The van der Waals surface area contributed by atoms with Gasteiger partial charge in [-0.05, 0) is 74.9 Å². The smallest absolute Gasteiger partial charge is 0.372 e. The van der Waals surface area contributed by atoms with E-state index in [1.807, 2.05) is 0 Å². The van der Waals surface area contributed by atoms with Gasteiger partial charge in [0.1, 0.15) is 17.0 Å². The zero-order valence-electron chi connectivity index (χ0n) is 19.9. The Hall–Kier alpha value is -2.39. The van der Waals surface area contributed by atoms with Gasteiger partial charge in [0, 0.05) is 36.7 Å². The highest BCUT2D eigenvalue weighted by Crippen LogP contribution is 2.33. The van der Waals surface area contributed by atoms with Gasteiger partial charge in [0.05, 0.1) is 11.8 Å². The van der Waals surface area contributed by atoms with Crippen molar-refractivity contribution >= 4 is 33.1 Å². The third-order valence-corrected chi connectivity index (χ3v) is 8.13. The van der Waals surface area contributed by atoms with Crippen molar-refractivity contribution in [3.8, 4) is 0 Å². The predicted octanol–water partition coefficient (Wildman–Crippen LogP) is 6.11. The number of halogens is 3. The fourth-order valence-corrected chi connectivity index (χ4v) is 6.17. The van der Waals surface area contributed by atoms with Crippen LogP contribution in [0.25, 0.3) is 10.2 Å². The van der Waals surface area contributed by atoms with Crippen molar-refractivity contribution in [3.63, 3.8) is 0 Å². The highest BCUT2D eigenvalue weighted by atomic mass is 32.1. The molecule has 0 aliphatic carbocycles. The van der Waals surface area contributed by atoms with Crippen LogP contribution in [0.15, 0.2) is 36.7 Å². The van der Waals surface area contributed by atoms with Gasteiger partial charge >= 0.3 is 6.18 Å². The van der Waals surface area contributed by atoms with Gasteiger partial charge in [-0.2, -0.15) is 13.2 Å². The Labute approximate surface area is 208 Å². The lowest BCUT2D eigenvalue weighted by Gasteiger charge is -2.32. The monoisotopic (exact) mass is 503 g/mol. The van der Waals surface area contributed by atoms with Crippen LogP contribution < -0.4 is 10.2 Å². The maximum absolute atomic E-state index is 12.8. The molecule has 2 aliphatic rings. The molecule has 9 heteroatoms. The van der Waals surface area contributed by atoms with E-state index >= 15 is 0 Å². The van der Waals surface area contributed by atoms with Crippen molar-refractivity contribution in [2.24, 2.45) is 5.92 Å². The second-order valence-electron chi connectivity index (χ2n) is 9.76. The van der Waals surface area contributed by atoms with Crippen molar-refractivity contribution < 1.29 is 13.2 Å². The summed E-state index contributed by atoms with van der Waals surface area (Å²) in [6.45, 7) is 6.19. The van der Waals surface area contributed by atoms with Crippen LogP contribution in [-0.4, -0.2) is 53.8 Å². The molecular formula is C26H32F3N5S. The first kappa shape index (κ1) is 24.3. The topological polar surface area (TPSA) is 44.3 Å². The Morgan fingerprint density at radius 2 is 1.71 bits per heavy atom. The van der Waals surface area contributed by atoms with E-state index in [4.69, 9.17) is 0 Å². The molecule has 0 unspecified atom stereocenters. The molecule has 1 aromatic carbocycles. The van der Waals surface area contributed by atoms with E-state index in [-0.39, 0.29) is 4.88 Å². The molecule has 2 aromatic heterocycles. The molecule has 2 aliphatic heterocycles. The normalized spacial score (nSPS) is 18.3. The first-order valence-corrected chi connectivity index (χ1v) is 13.3. The molecule has 0 spiro atoms. The van der Waals surface area contributed by atoms with Crippen LogP contribution in [0, 0.1) is 5.92 Å². The molecular weight excluding hydrogens is 471 g/mol. The van der Waals surface area contributed by atoms with E-state index in [9.17, 15) is 13.2 Å². The van der Waals surface area contributed by atoms with E-state index in [2.05, 4.69) is 49.4 Å². The van der Waals surface area contributed by atoms with Crippen molar-refractivity contribution in [2.45, 2.75) is 51.2 Å². The van der Waals surface area contributed by atoms with Crippen molar-refractivity contribution in [1.29, 1.82) is 0 Å². The molecule has 0 radical (unpaired) electrons. The molecule has 2 fully saturated rings. The van der Waals surface area contributed by atoms with Crippen molar-refractivity contribution in [2.75, 3.05) is 42.9 Å². The second-order valence-corrected chi connectivity index (χ2v) is 10.9. The molecule has 0 atom stereocenters. The van der Waals surface area contributed by atoms with Crippen molar-refractivity contribution in [1.82, 2.24) is 14.9 Å². The zero-order valence-corrected chi connectivity index (χ0v) is 20.7. The quantitative estimate of drug-likeness (QED) is 0.421. The average Bonchev–Trinajstić information content (AvgIpc) is 3.26.